The van der Waals surface area contributed by atoms with Gasteiger partial charge in [-0.05, 0) is 12.1 Å². The molecule has 2 N–H and O–H groups in total. The first-order valence-electron chi connectivity index (χ1n) is 6.81. The maximum Gasteiger partial charge on any atom is 0.254 e. The number of aromatic nitrogens is 3. The van der Waals surface area contributed by atoms with E-state index in [9.17, 15) is 4.79 Å². The Labute approximate surface area is 122 Å². The highest BCUT2D eigenvalue weighted by Crippen LogP contribution is 2.20. The fourth-order valence-corrected chi connectivity index (χ4v) is 2.24. The minimum absolute atomic E-state index is 0.141. The number of amides is 1. The lowest BCUT2D eigenvalue weighted by atomic mass is 10.2. The molecular formula is C14H17N5O2. The molecule has 110 valence electrons. The SMILES string of the molecule is Cn1cnnc1-c1cccc(NC(=O)C2CNCCO2)c1. The number of nitrogens with zero attached hydrogens (tertiary/aromatic N) is 3. The van der Waals surface area contributed by atoms with E-state index in [1.807, 2.05) is 35.9 Å². The summed E-state index contributed by atoms with van der Waals surface area (Å²) in [4.78, 5) is 12.1. The Kier molecular flexibility index (Phi) is 3.94. The molecule has 0 radical (unpaired) electrons. The molecule has 1 fully saturated rings. The predicted octanol–water partition coefficient (Wildman–Crippen LogP) is 0.409. The number of aryl methyl sites for hydroxylation is 1. The lowest BCUT2D eigenvalue weighted by molar-refractivity contribution is -0.128. The molecule has 1 aliphatic heterocycles. The second-order valence-electron chi connectivity index (χ2n) is 4.90. The predicted molar refractivity (Wildman–Crippen MR) is 77.7 cm³/mol. The van der Waals surface area contributed by atoms with Crippen LogP contribution in [-0.4, -0.2) is 46.5 Å². The van der Waals surface area contributed by atoms with Crippen molar-refractivity contribution >= 4 is 11.6 Å². The zero-order valence-electron chi connectivity index (χ0n) is 11.7. The summed E-state index contributed by atoms with van der Waals surface area (Å²) < 4.78 is 7.26. The minimum Gasteiger partial charge on any atom is -0.366 e. The number of nitrogens with one attached hydrogen (secondary N) is 2. The molecule has 7 heteroatoms. The van der Waals surface area contributed by atoms with Crippen molar-refractivity contribution in [1.82, 2.24) is 20.1 Å². The Morgan fingerprint density at radius 1 is 1.52 bits per heavy atom. The van der Waals surface area contributed by atoms with Crippen molar-refractivity contribution in [1.29, 1.82) is 0 Å². The Morgan fingerprint density at radius 3 is 3.14 bits per heavy atom. The normalized spacial score (nSPS) is 18.4. The van der Waals surface area contributed by atoms with Crippen LogP contribution in [0.15, 0.2) is 30.6 Å². The summed E-state index contributed by atoms with van der Waals surface area (Å²) in [5.74, 6) is 0.610. The van der Waals surface area contributed by atoms with E-state index in [1.165, 1.54) is 0 Å². The standard InChI is InChI=1S/C14H17N5O2/c1-19-9-16-18-13(19)10-3-2-4-11(7-10)17-14(20)12-8-15-5-6-21-12/h2-4,7,9,12,15H,5-6,8H2,1H3,(H,17,20). The van der Waals surface area contributed by atoms with Crippen LogP contribution in [0.25, 0.3) is 11.4 Å². The average Bonchev–Trinajstić information content (AvgIpc) is 2.94. The molecule has 1 saturated heterocycles. The summed E-state index contributed by atoms with van der Waals surface area (Å²) in [6, 6.07) is 7.52. The zero-order valence-corrected chi connectivity index (χ0v) is 11.7. The number of rotatable bonds is 3. The van der Waals surface area contributed by atoms with Crippen LogP contribution < -0.4 is 10.6 Å². The molecule has 1 amide bonds. The van der Waals surface area contributed by atoms with Gasteiger partial charge in [-0.2, -0.15) is 0 Å². The van der Waals surface area contributed by atoms with E-state index in [1.54, 1.807) is 6.33 Å². The largest absolute Gasteiger partial charge is 0.366 e. The first kappa shape index (κ1) is 13.7. The number of hydrogen-bond acceptors (Lipinski definition) is 5. The van der Waals surface area contributed by atoms with Gasteiger partial charge in [-0.1, -0.05) is 12.1 Å². The van der Waals surface area contributed by atoms with Crippen LogP contribution in [0.4, 0.5) is 5.69 Å². The third-order valence-corrected chi connectivity index (χ3v) is 3.32. The van der Waals surface area contributed by atoms with Crippen molar-refractivity contribution in [2.24, 2.45) is 7.05 Å². The van der Waals surface area contributed by atoms with Crippen molar-refractivity contribution in [3.05, 3.63) is 30.6 Å². The molecule has 21 heavy (non-hydrogen) atoms. The van der Waals surface area contributed by atoms with Crippen LogP contribution in [0.2, 0.25) is 0 Å². The lowest BCUT2D eigenvalue weighted by Gasteiger charge is -2.22. The summed E-state index contributed by atoms with van der Waals surface area (Å²) in [5.41, 5.74) is 1.62. The number of hydrogen-bond donors (Lipinski definition) is 2. The second-order valence-corrected chi connectivity index (χ2v) is 4.90. The summed E-state index contributed by atoms with van der Waals surface area (Å²) in [6.45, 7) is 1.87. The van der Waals surface area contributed by atoms with Gasteiger partial charge in [0.15, 0.2) is 5.82 Å². The molecule has 0 aliphatic carbocycles. The Balaban J connectivity index is 1.74. The fourth-order valence-electron chi connectivity index (χ4n) is 2.24. The van der Waals surface area contributed by atoms with E-state index in [-0.39, 0.29) is 5.91 Å². The molecule has 0 saturated carbocycles. The molecule has 2 aromatic rings. The van der Waals surface area contributed by atoms with Crippen molar-refractivity contribution in [3.8, 4) is 11.4 Å². The van der Waals surface area contributed by atoms with Crippen molar-refractivity contribution in [2.45, 2.75) is 6.10 Å². The minimum atomic E-state index is -0.447. The first-order valence-corrected chi connectivity index (χ1v) is 6.81. The quantitative estimate of drug-likeness (QED) is 0.854. The molecule has 2 heterocycles. The molecule has 1 unspecified atom stereocenters. The van der Waals surface area contributed by atoms with Gasteiger partial charge in [0.05, 0.1) is 6.61 Å². The van der Waals surface area contributed by atoms with Gasteiger partial charge in [0.2, 0.25) is 0 Å². The van der Waals surface area contributed by atoms with Gasteiger partial charge in [0.1, 0.15) is 12.4 Å². The Bertz CT molecular complexity index is 634. The van der Waals surface area contributed by atoms with Gasteiger partial charge in [-0.3, -0.25) is 4.79 Å². The number of anilines is 1. The van der Waals surface area contributed by atoms with Crippen LogP contribution in [0.1, 0.15) is 0 Å². The zero-order chi connectivity index (χ0) is 14.7. The van der Waals surface area contributed by atoms with E-state index in [0.717, 1.165) is 23.6 Å². The van der Waals surface area contributed by atoms with Gasteiger partial charge in [-0.15, -0.1) is 10.2 Å². The molecular weight excluding hydrogens is 270 g/mol. The maximum absolute atomic E-state index is 12.1. The number of benzene rings is 1. The van der Waals surface area contributed by atoms with Gasteiger partial charge in [-0.25, -0.2) is 0 Å². The van der Waals surface area contributed by atoms with E-state index in [2.05, 4.69) is 20.8 Å². The van der Waals surface area contributed by atoms with Gasteiger partial charge in [0, 0.05) is 31.4 Å². The van der Waals surface area contributed by atoms with Crippen LogP contribution in [0, 0.1) is 0 Å². The molecule has 3 rings (SSSR count). The smallest absolute Gasteiger partial charge is 0.254 e. The highest BCUT2D eigenvalue weighted by Gasteiger charge is 2.21. The Morgan fingerprint density at radius 2 is 2.43 bits per heavy atom. The number of carbonyl (C=O) groups excluding carboxylic acids is 1. The molecule has 1 aromatic carbocycles. The number of morpholine rings is 1. The third-order valence-electron chi connectivity index (χ3n) is 3.32. The van der Waals surface area contributed by atoms with Crippen LogP contribution in [-0.2, 0) is 16.6 Å². The molecule has 1 aromatic heterocycles. The number of ether oxygens (including phenoxy) is 1. The lowest BCUT2D eigenvalue weighted by Crippen LogP contribution is -2.45. The summed E-state index contributed by atoms with van der Waals surface area (Å²) >= 11 is 0. The highest BCUT2D eigenvalue weighted by molar-refractivity contribution is 5.94. The summed E-state index contributed by atoms with van der Waals surface area (Å²) in [5, 5.41) is 13.9. The van der Waals surface area contributed by atoms with Crippen LogP contribution in [0.5, 0.6) is 0 Å². The van der Waals surface area contributed by atoms with Crippen LogP contribution >= 0.6 is 0 Å². The number of carbonyl (C=O) groups is 1. The van der Waals surface area contributed by atoms with Crippen molar-refractivity contribution in [3.63, 3.8) is 0 Å². The monoisotopic (exact) mass is 287 g/mol. The van der Waals surface area contributed by atoms with Crippen molar-refractivity contribution in [2.75, 3.05) is 25.0 Å². The highest BCUT2D eigenvalue weighted by atomic mass is 16.5. The second kappa shape index (κ2) is 6.02. The van der Waals surface area contributed by atoms with E-state index in [0.29, 0.717) is 13.2 Å². The van der Waals surface area contributed by atoms with E-state index < -0.39 is 6.10 Å². The topological polar surface area (TPSA) is 81.1 Å². The summed E-state index contributed by atoms with van der Waals surface area (Å²) in [7, 11) is 1.88. The summed E-state index contributed by atoms with van der Waals surface area (Å²) in [6.07, 6.45) is 1.19. The van der Waals surface area contributed by atoms with Gasteiger partial charge < -0.3 is 19.9 Å². The molecule has 1 aliphatic rings. The maximum atomic E-state index is 12.1. The van der Waals surface area contributed by atoms with Crippen molar-refractivity contribution < 1.29 is 9.53 Å². The fraction of sp³-hybridized carbons (Fsp3) is 0.357. The van der Waals surface area contributed by atoms with Gasteiger partial charge in [0.25, 0.3) is 5.91 Å². The molecule has 1 atom stereocenters. The molecule has 7 nitrogen and oxygen atoms in total. The Hall–Kier alpha value is -2.25. The molecule has 0 bridgehead atoms. The first-order chi connectivity index (χ1) is 10.2. The molecule has 0 spiro atoms. The van der Waals surface area contributed by atoms with Gasteiger partial charge >= 0.3 is 0 Å². The van der Waals surface area contributed by atoms with E-state index in [4.69, 9.17) is 4.74 Å². The van der Waals surface area contributed by atoms with Crippen LogP contribution in [0.3, 0.4) is 0 Å². The van der Waals surface area contributed by atoms with E-state index >= 15 is 0 Å². The average molecular weight is 287 g/mol. The third kappa shape index (κ3) is 3.09.